The summed E-state index contributed by atoms with van der Waals surface area (Å²) < 4.78 is 0. The normalized spacial score (nSPS) is 18.2. The summed E-state index contributed by atoms with van der Waals surface area (Å²) in [5.74, 6) is 0.557. The van der Waals surface area contributed by atoms with E-state index in [0.29, 0.717) is 12.3 Å². The minimum Gasteiger partial charge on any atom is -0.273 e. The third kappa shape index (κ3) is 10.3. The molecule has 0 aromatic rings. The summed E-state index contributed by atoms with van der Waals surface area (Å²) in [6.45, 7) is 2.24. The van der Waals surface area contributed by atoms with Gasteiger partial charge in [0.05, 0.1) is 0 Å². The van der Waals surface area contributed by atoms with Crippen LogP contribution in [0.5, 0.6) is 0 Å². The minimum absolute atomic E-state index is 0.0589. The van der Waals surface area contributed by atoms with E-state index in [-0.39, 0.29) is 5.91 Å². The van der Waals surface area contributed by atoms with Gasteiger partial charge in [-0.25, -0.2) is 5.43 Å². The van der Waals surface area contributed by atoms with Gasteiger partial charge in [-0.3, -0.25) is 4.79 Å². The molecule has 1 amide bonds. The molecule has 0 saturated heterocycles. The number of allylic oxidation sites excluding steroid dienone is 2. The van der Waals surface area contributed by atoms with Gasteiger partial charge in [0.25, 0.3) is 0 Å². The average Bonchev–Trinajstić information content (AvgIpc) is 2.51. The summed E-state index contributed by atoms with van der Waals surface area (Å²) in [6.07, 6.45) is 20.3. The molecular weight excluding hydrogens is 260 g/mol. The smallest absolute Gasteiger partial charge is 0.240 e. The fourth-order valence-electron chi connectivity index (χ4n) is 2.64. The van der Waals surface area contributed by atoms with Crippen LogP contribution < -0.4 is 5.43 Å². The van der Waals surface area contributed by atoms with Crippen molar-refractivity contribution in [2.45, 2.75) is 84.0 Å². The maximum Gasteiger partial charge on any atom is 0.240 e. The Morgan fingerprint density at radius 2 is 1.86 bits per heavy atom. The van der Waals surface area contributed by atoms with Gasteiger partial charge in [-0.15, -0.1) is 0 Å². The summed E-state index contributed by atoms with van der Waals surface area (Å²) in [4.78, 5) is 11.6. The summed E-state index contributed by atoms with van der Waals surface area (Å²) in [6, 6.07) is 0. The topological polar surface area (TPSA) is 41.5 Å². The lowest BCUT2D eigenvalue weighted by Gasteiger charge is -2.11. The van der Waals surface area contributed by atoms with Crippen molar-refractivity contribution in [2.75, 3.05) is 0 Å². The Labute approximate surface area is 130 Å². The maximum absolute atomic E-state index is 11.6. The number of carbonyl (C=O) groups excluding carboxylic acids is 1. The van der Waals surface area contributed by atoms with E-state index < -0.39 is 0 Å². The zero-order chi connectivity index (χ0) is 15.2. The zero-order valence-corrected chi connectivity index (χ0v) is 13.7. The molecule has 0 heterocycles. The Morgan fingerprint density at radius 3 is 2.52 bits per heavy atom. The summed E-state index contributed by atoms with van der Waals surface area (Å²) in [5.41, 5.74) is 2.66. The molecule has 120 valence electrons. The van der Waals surface area contributed by atoms with Gasteiger partial charge in [0, 0.05) is 12.6 Å². The molecule has 0 aromatic carbocycles. The second-order valence-corrected chi connectivity index (χ2v) is 6.08. The molecule has 0 bridgehead atoms. The predicted molar refractivity (Wildman–Crippen MR) is 90.3 cm³/mol. The SMILES string of the molecule is CCCCCCCCCCC(=O)NN=CC1CC=CCC1. The zero-order valence-electron chi connectivity index (χ0n) is 13.7. The number of hydrazone groups is 1. The molecule has 0 spiro atoms. The molecule has 0 radical (unpaired) electrons. The number of hydrogen-bond donors (Lipinski definition) is 1. The van der Waals surface area contributed by atoms with E-state index in [2.05, 4.69) is 29.6 Å². The molecule has 0 aliphatic heterocycles. The van der Waals surface area contributed by atoms with Crippen LogP contribution in [0.4, 0.5) is 0 Å². The summed E-state index contributed by atoms with van der Waals surface area (Å²) in [7, 11) is 0. The maximum atomic E-state index is 11.6. The minimum atomic E-state index is 0.0589. The lowest BCUT2D eigenvalue weighted by Crippen LogP contribution is -2.18. The van der Waals surface area contributed by atoms with Gasteiger partial charge >= 0.3 is 0 Å². The number of hydrogen-bond acceptors (Lipinski definition) is 2. The van der Waals surface area contributed by atoms with Crippen LogP contribution in [0.3, 0.4) is 0 Å². The van der Waals surface area contributed by atoms with Crippen molar-refractivity contribution in [1.82, 2.24) is 5.43 Å². The molecular formula is C18H32N2O. The molecule has 3 heteroatoms. The van der Waals surface area contributed by atoms with Crippen molar-refractivity contribution < 1.29 is 4.79 Å². The molecule has 0 saturated carbocycles. The Bertz CT molecular complexity index is 323. The van der Waals surface area contributed by atoms with E-state index in [9.17, 15) is 4.79 Å². The number of carbonyl (C=O) groups is 1. The third-order valence-corrected chi connectivity index (χ3v) is 4.04. The number of rotatable bonds is 11. The Balaban J connectivity index is 1.91. The van der Waals surface area contributed by atoms with Gasteiger partial charge < -0.3 is 0 Å². The van der Waals surface area contributed by atoms with Crippen LogP contribution in [-0.4, -0.2) is 12.1 Å². The Hall–Kier alpha value is -1.12. The molecule has 1 aliphatic rings. The molecule has 1 atom stereocenters. The van der Waals surface area contributed by atoms with Crippen molar-refractivity contribution >= 4 is 12.1 Å². The molecule has 1 rings (SSSR count). The summed E-state index contributed by atoms with van der Waals surface area (Å²) >= 11 is 0. The standard InChI is InChI=1S/C18H32N2O/c1-2-3-4-5-6-7-8-12-15-18(21)20-19-16-17-13-10-9-11-14-17/h9-10,16-17H,2-8,11-15H2,1H3,(H,20,21). The molecule has 0 aromatic heterocycles. The van der Waals surface area contributed by atoms with Crippen molar-refractivity contribution in [1.29, 1.82) is 0 Å². The van der Waals surface area contributed by atoms with Gasteiger partial charge in [-0.2, -0.15) is 5.10 Å². The number of amides is 1. The quantitative estimate of drug-likeness (QED) is 0.248. The second kappa shape index (κ2) is 12.6. The van der Waals surface area contributed by atoms with Gasteiger partial charge in [0.15, 0.2) is 0 Å². The fraction of sp³-hybridized carbons (Fsp3) is 0.778. The Morgan fingerprint density at radius 1 is 1.14 bits per heavy atom. The molecule has 1 N–H and O–H groups in total. The number of unbranched alkanes of at least 4 members (excludes halogenated alkanes) is 7. The van der Waals surface area contributed by atoms with E-state index in [1.807, 2.05) is 6.21 Å². The van der Waals surface area contributed by atoms with Crippen LogP contribution >= 0.6 is 0 Å². The number of nitrogens with zero attached hydrogens (tertiary/aromatic N) is 1. The molecule has 3 nitrogen and oxygen atoms in total. The van der Waals surface area contributed by atoms with Crippen LogP contribution in [0, 0.1) is 5.92 Å². The van der Waals surface area contributed by atoms with Gasteiger partial charge in [0.1, 0.15) is 0 Å². The lowest BCUT2D eigenvalue weighted by atomic mass is 9.96. The van der Waals surface area contributed by atoms with E-state index in [1.54, 1.807) is 0 Å². The monoisotopic (exact) mass is 292 g/mol. The predicted octanol–water partition coefficient (Wildman–Crippen LogP) is 4.98. The van der Waals surface area contributed by atoms with E-state index in [0.717, 1.165) is 32.1 Å². The highest BCUT2D eigenvalue weighted by Gasteiger charge is 2.06. The highest BCUT2D eigenvalue weighted by atomic mass is 16.2. The summed E-state index contributed by atoms with van der Waals surface area (Å²) in [5, 5.41) is 4.09. The van der Waals surface area contributed by atoms with E-state index in [4.69, 9.17) is 0 Å². The highest BCUT2D eigenvalue weighted by molar-refractivity contribution is 5.76. The van der Waals surface area contributed by atoms with Crippen LogP contribution in [0.1, 0.15) is 84.0 Å². The first kappa shape index (κ1) is 17.9. The van der Waals surface area contributed by atoms with Crippen LogP contribution in [0.25, 0.3) is 0 Å². The first-order valence-electron chi connectivity index (χ1n) is 8.80. The van der Waals surface area contributed by atoms with Crippen LogP contribution in [0.15, 0.2) is 17.3 Å². The molecule has 1 aliphatic carbocycles. The van der Waals surface area contributed by atoms with Crippen molar-refractivity contribution in [2.24, 2.45) is 11.0 Å². The number of nitrogens with one attached hydrogen (secondary N) is 1. The molecule has 21 heavy (non-hydrogen) atoms. The van der Waals surface area contributed by atoms with E-state index in [1.165, 1.54) is 38.5 Å². The Kier molecular flexibility index (Phi) is 10.8. The largest absolute Gasteiger partial charge is 0.273 e. The third-order valence-electron chi connectivity index (χ3n) is 4.04. The lowest BCUT2D eigenvalue weighted by molar-refractivity contribution is -0.121. The van der Waals surface area contributed by atoms with Crippen molar-refractivity contribution in [3.05, 3.63) is 12.2 Å². The van der Waals surface area contributed by atoms with Crippen LogP contribution in [-0.2, 0) is 4.79 Å². The molecule has 0 fully saturated rings. The highest BCUT2D eigenvalue weighted by Crippen LogP contribution is 2.15. The first-order chi connectivity index (χ1) is 10.3. The van der Waals surface area contributed by atoms with Gasteiger partial charge in [-0.05, 0) is 31.6 Å². The second-order valence-electron chi connectivity index (χ2n) is 6.08. The van der Waals surface area contributed by atoms with Crippen molar-refractivity contribution in [3.63, 3.8) is 0 Å². The molecule has 1 unspecified atom stereocenters. The van der Waals surface area contributed by atoms with Gasteiger partial charge in [0.2, 0.25) is 5.91 Å². The first-order valence-corrected chi connectivity index (χ1v) is 8.80. The van der Waals surface area contributed by atoms with E-state index >= 15 is 0 Å². The van der Waals surface area contributed by atoms with Crippen molar-refractivity contribution in [3.8, 4) is 0 Å². The van der Waals surface area contributed by atoms with Gasteiger partial charge in [-0.1, -0.05) is 64.0 Å². The average molecular weight is 292 g/mol. The van der Waals surface area contributed by atoms with Crippen LogP contribution in [0.2, 0.25) is 0 Å². The fourth-order valence-corrected chi connectivity index (χ4v) is 2.64.